The maximum Gasteiger partial charge on any atom is 0.244 e. The number of hydrogen-bond acceptors (Lipinski definition) is 4. The highest BCUT2D eigenvalue weighted by Gasteiger charge is 2.29. The zero-order valence-corrected chi connectivity index (χ0v) is 12.7. The van der Waals surface area contributed by atoms with Crippen LogP contribution in [0.3, 0.4) is 0 Å². The van der Waals surface area contributed by atoms with E-state index in [1.165, 1.54) is 11.8 Å². The van der Waals surface area contributed by atoms with Crippen LogP contribution in [-0.2, 0) is 9.59 Å². The monoisotopic (exact) mass is 306 g/mol. The van der Waals surface area contributed by atoms with Crippen molar-refractivity contribution in [2.24, 2.45) is 0 Å². The molecular formula is C15H18N2O3S. The lowest BCUT2D eigenvalue weighted by molar-refractivity contribution is -0.131. The Morgan fingerprint density at radius 1 is 1.29 bits per heavy atom. The predicted octanol–water partition coefficient (Wildman–Crippen LogP) is 0.949. The van der Waals surface area contributed by atoms with Gasteiger partial charge in [-0.3, -0.25) is 14.4 Å². The fraction of sp³-hybridized carbons (Fsp3) is 0.400. The van der Waals surface area contributed by atoms with E-state index in [0.717, 1.165) is 0 Å². The average Bonchev–Trinajstić information content (AvgIpc) is 2.80. The molecule has 1 saturated heterocycles. The number of ketones is 1. The van der Waals surface area contributed by atoms with Crippen molar-refractivity contribution in [1.82, 2.24) is 10.2 Å². The first kappa shape index (κ1) is 15.6. The lowest BCUT2D eigenvalue weighted by atomic mass is 10.2. The van der Waals surface area contributed by atoms with E-state index in [9.17, 15) is 14.4 Å². The van der Waals surface area contributed by atoms with Crippen LogP contribution >= 0.6 is 11.8 Å². The number of Topliss-reactive ketones (excluding diaryl/α,β-unsaturated/α-hetero) is 1. The number of nitrogens with one attached hydrogen (secondary N) is 1. The van der Waals surface area contributed by atoms with Gasteiger partial charge in [0.1, 0.15) is 6.04 Å². The fourth-order valence-electron chi connectivity index (χ4n) is 2.14. The van der Waals surface area contributed by atoms with Crippen LogP contribution in [0.2, 0.25) is 0 Å². The van der Waals surface area contributed by atoms with Crippen LogP contribution in [0.1, 0.15) is 16.8 Å². The number of hydrogen-bond donors (Lipinski definition) is 1. The third-order valence-electron chi connectivity index (χ3n) is 3.32. The number of thioether (sulfide) groups is 1. The molecule has 0 saturated carbocycles. The summed E-state index contributed by atoms with van der Waals surface area (Å²) in [5.74, 6) is 0.204. The van der Waals surface area contributed by atoms with Gasteiger partial charge in [0.25, 0.3) is 0 Å². The van der Waals surface area contributed by atoms with Crippen LogP contribution < -0.4 is 5.32 Å². The van der Waals surface area contributed by atoms with Crippen molar-refractivity contribution in [3.8, 4) is 0 Å². The Kier molecular flexibility index (Phi) is 5.38. The Balaban J connectivity index is 1.70. The molecule has 0 unspecified atom stereocenters. The van der Waals surface area contributed by atoms with E-state index in [4.69, 9.17) is 0 Å². The fourth-order valence-corrected chi connectivity index (χ4v) is 2.86. The van der Waals surface area contributed by atoms with E-state index in [1.54, 1.807) is 24.1 Å². The SMILES string of the molecule is CN1CC[C@H](NC(=O)CSCC(=O)c2ccccc2)C1=O. The van der Waals surface area contributed by atoms with Gasteiger partial charge in [-0.15, -0.1) is 11.8 Å². The molecule has 1 aromatic rings. The Labute approximate surface area is 128 Å². The normalized spacial score (nSPS) is 17.9. The minimum Gasteiger partial charge on any atom is -0.344 e. The molecule has 21 heavy (non-hydrogen) atoms. The van der Waals surface area contributed by atoms with Crippen LogP contribution in [-0.4, -0.2) is 53.6 Å². The van der Waals surface area contributed by atoms with E-state index < -0.39 is 6.04 Å². The molecule has 0 aliphatic carbocycles. The predicted molar refractivity (Wildman–Crippen MR) is 82.3 cm³/mol. The van der Waals surface area contributed by atoms with Crippen molar-refractivity contribution in [2.75, 3.05) is 25.1 Å². The summed E-state index contributed by atoms with van der Waals surface area (Å²) in [7, 11) is 1.72. The molecule has 0 spiro atoms. The van der Waals surface area contributed by atoms with Crippen molar-refractivity contribution in [2.45, 2.75) is 12.5 Å². The largest absolute Gasteiger partial charge is 0.344 e. The van der Waals surface area contributed by atoms with Crippen LogP contribution in [0.5, 0.6) is 0 Å². The molecule has 6 heteroatoms. The van der Waals surface area contributed by atoms with Gasteiger partial charge in [-0.1, -0.05) is 30.3 Å². The van der Waals surface area contributed by atoms with Crippen LogP contribution in [0.4, 0.5) is 0 Å². The Bertz CT molecular complexity index is 533. The second-order valence-corrected chi connectivity index (χ2v) is 5.94. The molecule has 5 nitrogen and oxygen atoms in total. The third kappa shape index (κ3) is 4.32. The van der Waals surface area contributed by atoms with Gasteiger partial charge in [0.05, 0.1) is 11.5 Å². The van der Waals surface area contributed by atoms with E-state index in [-0.39, 0.29) is 29.1 Å². The first-order chi connectivity index (χ1) is 10.1. The highest BCUT2D eigenvalue weighted by atomic mass is 32.2. The van der Waals surface area contributed by atoms with Crippen molar-refractivity contribution in [3.05, 3.63) is 35.9 Å². The highest BCUT2D eigenvalue weighted by Crippen LogP contribution is 2.10. The highest BCUT2D eigenvalue weighted by molar-refractivity contribution is 8.00. The van der Waals surface area contributed by atoms with Crippen molar-refractivity contribution >= 4 is 29.4 Å². The second-order valence-electron chi connectivity index (χ2n) is 4.95. The van der Waals surface area contributed by atoms with Gasteiger partial charge < -0.3 is 10.2 Å². The zero-order chi connectivity index (χ0) is 15.2. The minimum absolute atomic E-state index is 0.00470. The maximum absolute atomic E-state index is 11.9. The summed E-state index contributed by atoms with van der Waals surface area (Å²) < 4.78 is 0. The summed E-state index contributed by atoms with van der Waals surface area (Å²) in [6.07, 6.45) is 0.648. The number of rotatable bonds is 6. The molecule has 1 aliphatic rings. The molecule has 1 aliphatic heterocycles. The number of likely N-dealkylation sites (tertiary alicyclic amines) is 1. The molecule has 1 heterocycles. The summed E-state index contributed by atoms with van der Waals surface area (Å²) in [5.41, 5.74) is 0.651. The van der Waals surface area contributed by atoms with Gasteiger partial charge in [0.2, 0.25) is 11.8 Å². The van der Waals surface area contributed by atoms with Crippen molar-refractivity contribution in [1.29, 1.82) is 0 Å². The lowest BCUT2D eigenvalue weighted by Gasteiger charge is -2.11. The number of likely N-dealkylation sites (N-methyl/N-ethyl adjacent to an activating group) is 1. The van der Waals surface area contributed by atoms with Crippen LogP contribution in [0, 0.1) is 0 Å². The van der Waals surface area contributed by atoms with Gasteiger partial charge in [-0.2, -0.15) is 0 Å². The van der Waals surface area contributed by atoms with E-state index in [2.05, 4.69) is 5.32 Å². The minimum atomic E-state index is -0.409. The molecule has 0 bridgehead atoms. The molecule has 2 amide bonds. The zero-order valence-electron chi connectivity index (χ0n) is 11.9. The van der Waals surface area contributed by atoms with Crippen LogP contribution in [0.15, 0.2) is 30.3 Å². The molecule has 1 N–H and O–H groups in total. The van der Waals surface area contributed by atoms with E-state index in [0.29, 0.717) is 18.5 Å². The van der Waals surface area contributed by atoms with Gasteiger partial charge in [-0.25, -0.2) is 0 Å². The first-order valence-electron chi connectivity index (χ1n) is 6.78. The molecule has 1 fully saturated rings. The van der Waals surface area contributed by atoms with E-state index >= 15 is 0 Å². The number of benzene rings is 1. The van der Waals surface area contributed by atoms with Gasteiger partial charge >= 0.3 is 0 Å². The third-order valence-corrected chi connectivity index (χ3v) is 4.26. The summed E-state index contributed by atoms with van der Waals surface area (Å²) in [5, 5.41) is 2.71. The first-order valence-corrected chi connectivity index (χ1v) is 7.93. The molecular weight excluding hydrogens is 288 g/mol. The summed E-state index contributed by atoms with van der Waals surface area (Å²) in [4.78, 5) is 36.9. The lowest BCUT2D eigenvalue weighted by Crippen LogP contribution is -2.41. The molecule has 0 radical (unpaired) electrons. The molecule has 112 valence electrons. The molecule has 2 rings (SSSR count). The smallest absolute Gasteiger partial charge is 0.244 e. The molecule has 0 aromatic heterocycles. The molecule has 1 atom stereocenters. The molecule has 1 aromatic carbocycles. The summed E-state index contributed by atoms with van der Waals surface area (Å²) in [6.45, 7) is 0.670. The van der Waals surface area contributed by atoms with Gasteiger partial charge in [0, 0.05) is 19.2 Å². The Morgan fingerprint density at radius 2 is 2.00 bits per heavy atom. The van der Waals surface area contributed by atoms with Gasteiger partial charge in [-0.05, 0) is 6.42 Å². The standard InChI is InChI=1S/C15H18N2O3S/c1-17-8-7-12(15(17)20)16-14(19)10-21-9-13(18)11-5-3-2-4-6-11/h2-6,12H,7-10H2,1H3,(H,16,19)/t12-/m0/s1. The van der Waals surface area contributed by atoms with Crippen LogP contribution in [0.25, 0.3) is 0 Å². The number of amides is 2. The van der Waals surface area contributed by atoms with Crippen molar-refractivity contribution in [3.63, 3.8) is 0 Å². The Morgan fingerprint density at radius 3 is 2.62 bits per heavy atom. The summed E-state index contributed by atoms with van der Waals surface area (Å²) in [6, 6.07) is 8.59. The topological polar surface area (TPSA) is 66.5 Å². The van der Waals surface area contributed by atoms with E-state index in [1.807, 2.05) is 18.2 Å². The second kappa shape index (κ2) is 7.26. The quantitative estimate of drug-likeness (QED) is 0.795. The van der Waals surface area contributed by atoms with Crippen molar-refractivity contribution < 1.29 is 14.4 Å². The maximum atomic E-state index is 11.9. The number of carbonyl (C=O) groups is 3. The number of nitrogens with zero attached hydrogens (tertiary/aromatic N) is 1. The van der Waals surface area contributed by atoms with Gasteiger partial charge in [0.15, 0.2) is 5.78 Å². The Hall–Kier alpha value is -1.82. The average molecular weight is 306 g/mol. The summed E-state index contributed by atoms with van der Waals surface area (Å²) >= 11 is 1.26. The number of carbonyl (C=O) groups excluding carboxylic acids is 3.